The zero-order valence-corrected chi connectivity index (χ0v) is 10.7. The lowest BCUT2D eigenvalue weighted by molar-refractivity contribution is -0.384. The van der Waals surface area contributed by atoms with Gasteiger partial charge in [0.05, 0.1) is 10.4 Å². The van der Waals surface area contributed by atoms with Gasteiger partial charge in [0.2, 0.25) is 11.8 Å². The summed E-state index contributed by atoms with van der Waals surface area (Å²) in [4.78, 5) is 22.1. The highest BCUT2D eigenvalue weighted by Crippen LogP contribution is 2.26. The maximum atomic E-state index is 11.0. The number of anilines is 3. The van der Waals surface area contributed by atoms with Crippen LogP contribution in [0.3, 0.4) is 0 Å². The van der Waals surface area contributed by atoms with E-state index in [-0.39, 0.29) is 17.5 Å². The summed E-state index contributed by atoms with van der Waals surface area (Å²) in [5.41, 5.74) is 6.72. The van der Waals surface area contributed by atoms with Crippen LogP contribution in [0.5, 0.6) is 0 Å². The molecule has 8 heteroatoms. The van der Waals surface area contributed by atoms with Gasteiger partial charge in [0.15, 0.2) is 0 Å². The molecule has 2 aromatic heterocycles. The second-order valence-electron chi connectivity index (χ2n) is 4.26. The Labute approximate surface area is 118 Å². The summed E-state index contributed by atoms with van der Waals surface area (Å²) in [6.45, 7) is 0. The molecule has 0 saturated carbocycles. The summed E-state index contributed by atoms with van der Waals surface area (Å²) in [5, 5.41) is 14.8. The number of nitrogens with one attached hydrogen (secondary N) is 1. The molecule has 8 nitrogen and oxygen atoms in total. The zero-order valence-electron chi connectivity index (χ0n) is 10.7. The fourth-order valence-electron chi connectivity index (χ4n) is 1.90. The molecule has 1 aromatic carbocycles. The van der Waals surface area contributed by atoms with Crippen LogP contribution in [0.2, 0.25) is 0 Å². The Morgan fingerprint density at radius 1 is 1.24 bits per heavy atom. The molecule has 0 bridgehead atoms. The summed E-state index contributed by atoms with van der Waals surface area (Å²) in [6, 6.07) is 9.11. The number of aromatic nitrogens is 3. The first-order valence-corrected chi connectivity index (χ1v) is 6.02. The first-order valence-electron chi connectivity index (χ1n) is 6.02. The van der Waals surface area contributed by atoms with E-state index in [0.717, 1.165) is 17.1 Å². The van der Waals surface area contributed by atoms with Gasteiger partial charge in [-0.05, 0) is 24.3 Å². The van der Waals surface area contributed by atoms with Crippen LogP contribution in [-0.2, 0) is 0 Å². The molecular formula is C13H10N6O2. The lowest BCUT2D eigenvalue weighted by atomic mass is 10.2. The molecule has 0 aliphatic carbocycles. The number of fused-ring (bicyclic) bond motifs is 1. The third-order valence-corrected chi connectivity index (χ3v) is 2.85. The van der Waals surface area contributed by atoms with Crippen LogP contribution in [0.1, 0.15) is 0 Å². The summed E-state index contributed by atoms with van der Waals surface area (Å²) >= 11 is 0. The van der Waals surface area contributed by atoms with Crippen LogP contribution in [0.25, 0.3) is 10.9 Å². The van der Waals surface area contributed by atoms with Crippen LogP contribution in [0, 0.1) is 10.1 Å². The number of nitrogen functional groups attached to an aromatic ring is 1. The van der Waals surface area contributed by atoms with E-state index in [1.165, 1.54) is 0 Å². The third kappa shape index (κ3) is 2.54. The van der Waals surface area contributed by atoms with Gasteiger partial charge in [0.1, 0.15) is 6.20 Å². The van der Waals surface area contributed by atoms with E-state index in [0.29, 0.717) is 5.69 Å². The molecule has 21 heavy (non-hydrogen) atoms. The minimum absolute atomic E-state index is 0.0365. The number of hydrogen-bond donors (Lipinski definition) is 2. The van der Waals surface area contributed by atoms with E-state index in [1.54, 1.807) is 12.3 Å². The van der Waals surface area contributed by atoms with Crippen molar-refractivity contribution in [3.63, 3.8) is 0 Å². The molecule has 104 valence electrons. The van der Waals surface area contributed by atoms with Crippen LogP contribution in [0.15, 0.2) is 42.7 Å². The zero-order chi connectivity index (χ0) is 14.8. The predicted octanol–water partition coefficient (Wildman–Crippen LogP) is 2.26. The van der Waals surface area contributed by atoms with Crippen molar-refractivity contribution in [3.05, 3.63) is 52.8 Å². The molecule has 3 N–H and O–H groups in total. The molecular weight excluding hydrogens is 272 g/mol. The highest BCUT2D eigenvalue weighted by molar-refractivity contribution is 5.83. The highest BCUT2D eigenvalue weighted by atomic mass is 16.6. The summed E-state index contributed by atoms with van der Waals surface area (Å²) in [7, 11) is 0. The van der Waals surface area contributed by atoms with Gasteiger partial charge in [0, 0.05) is 17.3 Å². The normalized spacial score (nSPS) is 10.5. The molecule has 2 heterocycles. The van der Waals surface area contributed by atoms with E-state index in [1.807, 2.05) is 24.3 Å². The van der Waals surface area contributed by atoms with Gasteiger partial charge in [-0.25, -0.2) is 4.98 Å². The Hall–Kier alpha value is -3.29. The van der Waals surface area contributed by atoms with Crippen LogP contribution in [-0.4, -0.2) is 19.9 Å². The van der Waals surface area contributed by atoms with Gasteiger partial charge in [-0.3, -0.25) is 15.1 Å². The van der Waals surface area contributed by atoms with Crippen molar-refractivity contribution in [3.8, 4) is 0 Å². The second kappa shape index (κ2) is 5.00. The molecule has 0 aliphatic rings. The largest absolute Gasteiger partial charge is 0.368 e. The van der Waals surface area contributed by atoms with Crippen molar-refractivity contribution < 1.29 is 4.92 Å². The summed E-state index contributed by atoms with van der Waals surface area (Å²) in [6.07, 6.45) is 2.78. The monoisotopic (exact) mass is 282 g/mol. The first-order chi connectivity index (χ1) is 10.1. The van der Waals surface area contributed by atoms with Crippen molar-refractivity contribution in [2.45, 2.75) is 0 Å². The predicted molar refractivity (Wildman–Crippen MR) is 78.1 cm³/mol. The average Bonchev–Trinajstić information content (AvgIpc) is 2.47. The fourth-order valence-corrected chi connectivity index (χ4v) is 1.90. The maximum absolute atomic E-state index is 11.0. The van der Waals surface area contributed by atoms with Crippen molar-refractivity contribution in [2.75, 3.05) is 11.1 Å². The molecule has 0 atom stereocenters. The van der Waals surface area contributed by atoms with Crippen molar-refractivity contribution >= 4 is 34.0 Å². The molecule has 0 fully saturated rings. The van der Waals surface area contributed by atoms with E-state index in [9.17, 15) is 10.1 Å². The topological polar surface area (TPSA) is 120 Å². The summed E-state index contributed by atoms with van der Waals surface area (Å²) < 4.78 is 0. The van der Waals surface area contributed by atoms with Gasteiger partial charge in [-0.15, -0.1) is 0 Å². The smallest absolute Gasteiger partial charge is 0.329 e. The third-order valence-electron chi connectivity index (χ3n) is 2.85. The Kier molecular flexibility index (Phi) is 3.03. The summed E-state index contributed by atoms with van der Waals surface area (Å²) in [5.74, 6) is 0.0151. The van der Waals surface area contributed by atoms with E-state index >= 15 is 0 Å². The lowest BCUT2D eigenvalue weighted by Crippen LogP contribution is -2.04. The number of benzene rings is 1. The number of nitro groups is 1. The lowest BCUT2D eigenvalue weighted by Gasteiger charge is -2.07. The molecule has 0 spiro atoms. The minimum Gasteiger partial charge on any atom is -0.368 e. The second-order valence-corrected chi connectivity index (χ2v) is 4.26. The number of nitrogens with zero attached hydrogens (tertiary/aromatic N) is 4. The number of rotatable bonds is 3. The van der Waals surface area contributed by atoms with Gasteiger partial charge >= 0.3 is 5.69 Å². The molecule has 0 aliphatic heterocycles. The maximum Gasteiger partial charge on any atom is 0.329 e. The van der Waals surface area contributed by atoms with Gasteiger partial charge in [0.25, 0.3) is 0 Å². The standard InChI is InChI=1S/C13H10N6O2/c14-13-16-7-11(19(20)21)12(18-13)17-9-3-4-10-8(6-9)2-1-5-15-10/h1-7H,(H3,14,16,17,18). The molecule has 3 rings (SSSR count). The number of hydrogen-bond acceptors (Lipinski definition) is 7. The average molecular weight is 282 g/mol. The van der Waals surface area contributed by atoms with Gasteiger partial charge < -0.3 is 11.1 Å². The molecule has 0 amide bonds. The molecule has 0 saturated heterocycles. The quantitative estimate of drug-likeness (QED) is 0.558. The molecule has 3 aromatic rings. The molecule has 0 unspecified atom stereocenters. The van der Waals surface area contributed by atoms with Crippen LogP contribution < -0.4 is 11.1 Å². The Bertz CT molecular complexity index is 836. The highest BCUT2D eigenvalue weighted by Gasteiger charge is 2.16. The van der Waals surface area contributed by atoms with E-state index < -0.39 is 4.92 Å². The molecule has 0 radical (unpaired) electrons. The van der Waals surface area contributed by atoms with Crippen molar-refractivity contribution in [1.29, 1.82) is 0 Å². The van der Waals surface area contributed by atoms with Crippen LogP contribution >= 0.6 is 0 Å². The van der Waals surface area contributed by atoms with Gasteiger partial charge in [-0.2, -0.15) is 4.98 Å². The SMILES string of the molecule is Nc1ncc([N+](=O)[O-])c(Nc2ccc3ncccc3c2)n1. The Balaban J connectivity index is 2.02. The Morgan fingerprint density at radius 2 is 2.10 bits per heavy atom. The van der Waals surface area contributed by atoms with Gasteiger partial charge in [-0.1, -0.05) is 6.07 Å². The van der Waals surface area contributed by atoms with Crippen molar-refractivity contribution in [2.24, 2.45) is 0 Å². The fraction of sp³-hybridized carbons (Fsp3) is 0. The minimum atomic E-state index is -0.565. The van der Waals surface area contributed by atoms with Crippen molar-refractivity contribution in [1.82, 2.24) is 15.0 Å². The van der Waals surface area contributed by atoms with E-state index in [4.69, 9.17) is 5.73 Å². The van der Waals surface area contributed by atoms with E-state index in [2.05, 4.69) is 20.3 Å². The first kappa shape index (κ1) is 12.7. The number of pyridine rings is 1. The number of nitrogens with two attached hydrogens (primary N) is 1. The Morgan fingerprint density at radius 3 is 2.90 bits per heavy atom. The van der Waals surface area contributed by atoms with Crippen LogP contribution in [0.4, 0.5) is 23.1 Å².